The van der Waals surface area contributed by atoms with Gasteiger partial charge in [-0.25, -0.2) is 0 Å². The van der Waals surface area contributed by atoms with Crippen LogP contribution in [0.2, 0.25) is 0 Å². The summed E-state index contributed by atoms with van der Waals surface area (Å²) in [5.41, 5.74) is 1.26. The standard InChI is InChI=1S/C18H23IN2O4/c1-3-4-8-24-16-14-17(23)20-10(2)7-9-25-18(20)12-6-5-11(21(12)14)13(19)15(16)22/h10,12,18H,3-9H2,1-2H3/t10-,12?,18?/m1/s1. The van der Waals surface area contributed by atoms with Crippen molar-refractivity contribution in [2.24, 2.45) is 0 Å². The molecule has 0 spiro atoms. The van der Waals surface area contributed by atoms with E-state index in [9.17, 15) is 9.59 Å². The van der Waals surface area contributed by atoms with Gasteiger partial charge in [-0.3, -0.25) is 9.59 Å². The second-order valence-electron chi connectivity index (χ2n) is 7.06. The highest BCUT2D eigenvalue weighted by atomic mass is 127. The van der Waals surface area contributed by atoms with Gasteiger partial charge in [0.2, 0.25) is 5.43 Å². The average molecular weight is 458 g/mol. The summed E-state index contributed by atoms with van der Waals surface area (Å²) >= 11 is 2.10. The van der Waals surface area contributed by atoms with Gasteiger partial charge in [0.05, 0.1) is 22.8 Å². The van der Waals surface area contributed by atoms with Gasteiger partial charge in [-0.2, -0.15) is 0 Å². The maximum Gasteiger partial charge on any atom is 0.276 e. The second-order valence-corrected chi connectivity index (χ2v) is 8.14. The average Bonchev–Trinajstić information content (AvgIpc) is 3.03. The lowest BCUT2D eigenvalue weighted by molar-refractivity contribution is -0.128. The molecule has 0 radical (unpaired) electrons. The molecular formula is C18H23IN2O4. The summed E-state index contributed by atoms with van der Waals surface area (Å²) in [5, 5.41) is 0. The first-order chi connectivity index (χ1) is 12.1. The molecule has 7 heteroatoms. The zero-order valence-corrected chi connectivity index (χ0v) is 16.7. The minimum Gasteiger partial charge on any atom is -0.487 e. The van der Waals surface area contributed by atoms with E-state index in [0.717, 1.165) is 37.8 Å². The highest BCUT2D eigenvalue weighted by molar-refractivity contribution is 14.1. The molecule has 0 N–H and O–H groups in total. The van der Waals surface area contributed by atoms with Crippen LogP contribution in [-0.4, -0.2) is 40.9 Å². The number of carbonyl (C=O) groups is 1. The molecule has 136 valence electrons. The van der Waals surface area contributed by atoms with Crippen molar-refractivity contribution in [3.63, 3.8) is 0 Å². The van der Waals surface area contributed by atoms with Crippen molar-refractivity contribution in [3.8, 4) is 5.75 Å². The number of hydrogen-bond donors (Lipinski definition) is 0. The Hall–Kier alpha value is -1.09. The number of unbranched alkanes of at least 4 members (excludes halogenated alkanes) is 1. The number of amides is 1. The van der Waals surface area contributed by atoms with Crippen molar-refractivity contribution in [1.29, 1.82) is 0 Å². The van der Waals surface area contributed by atoms with E-state index in [0.29, 0.717) is 22.5 Å². The fraction of sp³-hybridized carbons (Fsp3) is 0.667. The topological polar surface area (TPSA) is 60.8 Å². The Morgan fingerprint density at radius 2 is 2.12 bits per heavy atom. The number of pyridine rings is 1. The van der Waals surface area contributed by atoms with Crippen LogP contribution in [0.15, 0.2) is 4.79 Å². The summed E-state index contributed by atoms with van der Waals surface area (Å²) < 4.78 is 14.6. The fourth-order valence-corrected chi connectivity index (χ4v) is 4.96. The van der Waals surface area contributed by atoms with Gasteiger partial charge in [0.15, 0.2) is 17.7 Å². The molecule has 4 heterocycles. The van der Waals surface area contributed by atoms with E-state index >= 15 is 0 Å². The number of aromatic nitrogens is 1. The van der Waals surface area contributed by atoms with Crippen LogP contribution < -0.4 is 10.2 Å². The molecule has 3 aliphatic heterocycles. The third kappa shape index (κ3) is 2.53. The molecule has 4 rings (SSSR count). The number of fused-ring (bicyclic) bond motifs is 2. The predicted octanol–water partition coefficient (Wildman–Crippen LogP) is 2.71. The van der Waals surface area contributed by atoms with E-state index in [1.807, 2.05) is 9.47 Å². The maximum absolute atomic E-state index is 13.3. The Kier molecular flexibility index (Phi) is 4.56. The van der Waals surface area contributed by atoms with Crippen LogP contribution >= 0.6 is 22.6 Å². The Morgan fingerprint density at radius 3 is 2.88 bits per heavy atom. The van der Waals surface area contributed by atoms with E-state index in [2.05, 4.69) is 36.4 Å². The van der Waals surface area contributed by atoms with Crippen LogP contribution in [0.4, 0.5) is 0 Å². The van der Waals surface area contributed by atoms with Gasteiger partial charge in [-0.1, -0.05) is 13.3 Å². The molecule has 2 unspecified atom stereocenters. The Morgan fingerprint density at radius 1 is 1.32 bits per heavy atom. The second kappa shape index (κ2) is 6.57. The van der Waals surface area contributed by atoms with Crippen LogP contribution in [0.1, 0.15) is 61.8 Å². The summed E-state index contributed by atoms with van der Waals surface area (Å²) in [7, 11) is 0. The van der Waals surface area contributed by atoms with Crippen LogP contribution in [0.25, 0.3) is 0 Å². The summed E-state index contributed by atoms with van der Waals surface area (Å²) in [5.74, 6) is 0.103. The lowest BCUT2D eigenvalue weighted by atomic mass is 10.0. The first-order valence-corrected chi connectivity index (χ1v) is 10.2. The Labute approximate surface area is 160 Å². The summed E-state index contributed by atoms with van der Waals surface area (Å²) in [4.78, 5) is 28.0. The van der Waals surface area contributed by atoms with E-state index < -0.39 is 0 Å². The first kappa shape index (κ1) is 17.3. The van der Waals surface area contributed by atoms with Crippen molar-refractivity contribution in [2.75, 3.05) is 13.2 Å². The molecule has 1 amide bonds. The zero-order chi connectivity index (χ0) is 17.7. The molecule has 0 aromatic carbocycles. The van der Waals surface area contributed by atoms with E-state index in [-0.39, 0.29) is 35.4 Å². The zero-order valence-electron chi connectivity index (χ0n) is 14.6. The van der Waals surface area contributed by atoms with Crippen LogP contribution in [0.5, 0.6) is 5.75 Å². The van der Waals surface area contributed by atoms with Gasteiger partial charge < -0.3 is 18.9 Å². The summed E-state index contributed by atoms with van der Waals surface area (Å²) in [6.45, 7) is 5.27. The van der Waals surface area contributed by atoms with E-state index in [1.165, 1.54) is 0 Å². The molecule has 6 nitrogen and oxygen atoms in total. The lowest BCUT2D eigenvalue weighted by Gasteiger charge is -2.47. The number of rotatable bonds is 4. The van der Waals surface area contributed by atoms with Crippen molar-refractivity contribution < 1.29 is 14.3 Å². The highest BCUT2D eigenvalue weighted by Gasteiger charge is 2.49. The minimum atomic E-state index is -0.230. The Balaban J connectivity index is 1.89. The monoisotopic (exact) mass is 458 g/mol. The molecule has 1 fully saturated rings. The number of carbonyl (C=O) groups excluding carboxylic acids is 1. The van der Waals surface area contributed by atoms with Gasteiger partial charge >= 0.3 is 0 Å². The molecule has 25 heavy (non-hydrogen) atoms. The third-order valence-corrected chi connectivity index (χ3v) is 6.61. The molecule has 3 aliphatic rings. The molecule has 1 aromatic rings. The number of hydrogen-bond acceptors (Lipinski definition) is 4. The van der Waals surface area contributed by atoms with E-state index in [1.54, 1.807) is 0 Å². The smallest absolute Gasteiger partial charge is 0.276 e. The van der Waals surface area contributed by atoms with E-state index in [4.69, 9.17) is 9.47 Å². The molecule has 1 aromatic heterocycles. The van der Waals surface area contributed by atoms with Gasteiger partial charge in [0.1, 0.15) is 0 Å². The van der Waals surface area contributed by atoms with Gasteiger partial charge in [-0.15, -0.1) is 0 Å². The van der Waals surface area contributed by atoms with Crippen molar-refractivity contribution in [3.05, 3.63) is 25.2 Å². The maximum atomic E-state index is 13.3. The quantitative estimate of drug-likeness (QED) is 0.515. The molecule has 0 saturated carbocycles. The van der Waals surface area contributed by atoms with Crippen LogP contribution in [0.3, 0.4) is 0 Å². The number of nitrogens with zero attached hydrogens (tertiary/aromatic N) is 2. The summed E-state index contributed by atoms with van der Waals surface area (Å²) in [6.07, 6.45) is 4.13. The number of ether oxygens (including phenoxy) is 2. The normalized spacial score (nSPS) is 27.2. The first-order valence-electron chi connectivity index (χ1n) is 9.10. The predicted molar refractivity (Wildman–Crippen MR) is 101 cm³/mol. The van der Waals surface area contributed by atoms with Crippen molar-refractivity contribution >= 4 is 28.5 Å². The molecule has 1 saturated heterocycles. The van der Waals surface area contributed by atoms with Crippen LogP contribution in [-0.2, 0) is 11.2 Å². The molecule has 3 atom stereocenters. The third-order valence-electron chi connectivity index (χ3n) is 5.50. The van der Waals surface area contributed by atoms with Gasteiger partial charge in [-0.05, 0) is 55.2 Å². The van der Waals surface area contributed by atoms with Gasteiger partial charge in [0.25, 0.3) is 5.91 Å². The number of halogens is 1. The minimum absolute atomic E-state index is 0.0769. The van der Waals surface area contributed by atoms with Crippen molar-refractivity contribution in [1.82, 2.24) is 9.47 Å². The fourth-order valence-electron chi connectivity index (χ4n) is 4.19. The highest BCUT2D eigenvalue weighted by Crippen LogP contribution is 2.43. The molecular weight excluding hydrogens is 435 g/mol. The molecule has 0 bridgehead atoms. The van der Waals surface area contributed by atoms with Gasteiger partial charge in [0, 0.05) is 11.7 Å². The molecule has 0 aliphatic carbocycles. The Bertz CT molecular complexity index is 775. The summed E-state index contributed by atoms with van der Waals surface area (Å²) in [6, 6.07) is 0.190. The van der Waals surface area contributed by atoms with Crippen LogP contribution in [0, 0.1) is 3.57 Å². The van der Waals surface area contributed by atoms with Crippen molar-refractivity contribution in [2.45, 2.75) is 64.3 Å². The lowest BCUT2D eigenvalue weighted by Crippen LogP contribution is -2.58. The largest absolute Gasteiger partial charge is 0.487 e. The SMILES string of the molecule is CCCCOc1c2n3c(c(I)c1=O)CCC3C1OCC[C@@H](C)N1C2=O.